The molecule has 0 aliphatic heterocycles. The van der Waals surface area contributed by atoms with Crippen LogP contribution in [-0.4, -0.2) is 27.8 Å². The third-order valence-corrected chi connectivity index (χ3v) is 3.42. The molecular weight excluding hydrogens is 306 g/mol. The molecule has 0 aliphatic carbocycles. The van der Waals surface area contributed by atoms with Gasteiger partial charge >= 0.3 is 5.97 Å². The van der Waals surface area contributed by atoms with Gasteiger partial charge in [-0.15, -0.1) is 10.2 Å². The van der Waals surface area contributed by atoms with Gasteiger partial charge in [-0.25, -0.2) is 0 Å². The third-order valence-electron chi connectivity index (χ3n) is 3.09. The highest BCUT2D eigenvalue weighted by molar-refractivity contribution is 6.33. The summed E-state index contributed by atoms with van der Waals surface area (Å²) in [4.78, 5) is 10.4. The first-order valence-corrected chi connectivity index (χ1v) is 7.54. The van der Waals surface area contributed by atoms with E-state index in [1.165, 1.54) is 0 Å². The van der Waals surface area contributed by atoms with Crippen molar-refractivity contribution in [1.29, 1.82) is 0 Å². The van der Waals surface area contributed by atoms with Gasteiger partial charge in [0, 0.05) is 6.42 Å². The lowest BCUT2D eigenvalue weighted by Gasteiger charge is -2.01. The van der Waals surface area contributed by atoms with Gasteiger partial charge in [-0.3, -0.25) is 4.79 Å². The van der Waals surface area contributed by atoms with Gasteiger partial charge < -0.3 is 14.8 Å². The maximum atomic E-state index is 10.4. The van der Waals surface area contributed by atoms with Gasteiger partial charge in [0.1, 0.15) is 0 Å². The summed E-state index contributed by atoms with van der Waals surface area (Å²) in [5.74, 6) is 0.162. The van der Waals surface area contributed by atoms with E-state index >= 15 is 0 Å². The Morgan fingerprint density at radius 3 is 2.82 bits per heavy atom. The Hall–Kier alpha value is -1.92. The summed E-state index contributed by atoms with van der Waals surface area (Å²) in [5.41, 5.74) is 0.719. The number of aromatic nitrogens is 2. The number of rotatable bonds is 9. The summed E-state index contributed by atoms with van der Waals surface area (Å²) in [6, 6.07) is 7.31. The fourth-order valence-corrected chi connectivity index (χ4v) is 2.18. The Morgan fingerprint density at radius 2 is 2.05 bits per heavy atom. The summed E-state index contributed by atoms with van der Waals surface area (Å²) in [7, 11) is 0. The highest BCUT2D eigenvalue weighted by atomic mass is 35.5. The van der Waals surface area contributed by atoms with Crippen molar-refractivity contribution in [1.82, 2.24) is 15.5 Å². The van der Waals surface area contributed by atoms with Crippen LogP contribution in [0.5, 0.6) is 0 Å². The number of aliphatic carboxylic acids is 1. The lowest BCUT2D eigenvalue weighted by molar-refractivity contribution is -0.137. The van der Waals surface area contributed by atoms with Gasteiger partial charge in [0.2, 0.25) is 11.8 Å². The Labute approximate surface area is 133 Å². The summed E-state index contributed by atoms with van der Waals surface area (Å²) >= 11 is 6.08. The second-order valence-electron chi connectivity index (χ2n) is 4.86. The third kappa shape index (κ3) is 5.13. The van der Waals surface area contributed by atoms with Crippen LogP contribution in [0.15, 0.2) is 28.7 Å². The molecule has 0 saturated heterocycles. The largest absolute Gasteiger partial charge is 0.481 e. The second-order valence-corrected chi connectivity index (χ2v) is 5.27. The quantitative estimate of drug-likeness (QED) is 0.689. The first-order valence-electron chi connectivity index (χ1n) is 7.16. The molecule has 0 aliphatic rings. The van der Waals surface area contributed by atoms with Gasteiger partial charge in [0.05, 0.1) is 17.1 Å². The van der Waals surface area contributed by atoms with Gasteiger partial charge in [-0.1, -0.05) is 30.2 Å². The van der Waals surface area contributed by atoms with Crippen LogP contribution in [-0.2, 0) is 11.3 Å². The molecule has 22 heavy (non-hydrogen) atoms. The maximum absolute atomic E-state index is 10.4. The summed E-state index contributed by atoms with van der Waals surface area (Å²) in [5, 5.41) is 20.3. The number of benzene rings is 1. The molecule has 0 atom stereocenters. The van der Waals surface area contributed by atoms with Crippen LogP contribution in [0.25, 0.3) is 11.5 Å². The molecule has 0 bridgehead atoms. The van der Waals surface area contributed by atoms with Crippen LogP contribution in [0.4, 0.5) is 0 Å². The average Bonchev–Trinajstić information content (AvgIpc) is 2.95. The van der Waals surface area contributed by atoms with Crippen molar-refractivity contribution in [2.45, 2.75) is 32.2 Å². The van der Waals surface area contributed by atoms with Gasteiger partial charge in [0.15, 0.2) is 0 Å². The van der Waals surface area contributed by atoms with Crippen LogP contribution < -0.4 is 5.32 Å². The zero-order valence-electron chi connectivity index (χ0n) is 12.1. The van der Waals surface area contributed by atoms with E-state index in [4.69, 9.17) is 21.1 Å². The molecule has 0 fully saturated rings. The molecule has 2 N–H and O–H groups in total. The van der Waals surface area contributed by atoms with Crippen LogP contribution >= 0.6 is 11.6 Å². The minimum atomic E-state index is -0.745. The summed E-state index contributed by atoms with van der Waals surface area (Å²) < 4.78 is 5.56. The van der Waals surface area contributed by atoms with Crippen molar-refractivity contribution in [2.75, 3.05) is 6.54 Å². The molecule has 0 radical (unpaired) electrons. The Balaban J connectivity index is 1.72. The fraction of sp³-hybridized carbons (Fsp3) is 0.400. The highest BCUT2D eigenvalue weighted by Gasteiger charge is 2.10. The highest BCUT2D eigenvalue weighted by Crippen LogP contribution is 2.26. The Bertz CT molecular complexity index is 616. The standard InChI is InChI=1S/C15H18ClN3O3/c16-12-7-4-3-6-11(12)15-19-18-13(22-15)10-17-9-5-1-2-8-14(20)21/h3-4,6-7,17H,1-2,5,8-10H2,(H,20,21). The van der Waals surface area contributed by atoms with Gasteiger partial charge in [0.25, 0.3) is 0 Å². The van der Waals surface area contributed by atoms with E-state index in [0.717, 1.165) is 24.9 Å². The van der Waals surface area contributed by atoms with Crippen molar-refractivity contribution in [2.24, 2.45) is 0 Å². The smallest absolute Gasteiger partial charge is 0.303 e. The fourth-order valence-electron chi connectivity index (χ4n) is 1.97. The number of unbranched alkanes of at least 4 members (excludes halogenated alkanes) is 2. The zero-order valence-corrected chi connectivity index (χ0v) is 12.8. The molecule has 7 heteroatoms. The van der Waals surface area contributed by atoms with E-state index < -0.39 is 5.97 Å². The average molecular weight is 324 g/mol. The van der Waals surface area contributed by atoms with Crippen LogP contribution in [0, 0.1) is 0 Å². The van der Waals surface area contributed by atoms with E-state index in [1.54, 1.807) is 6.07 Å². The molecule has 1 aromatic carbocycles. The predicted octanol–water partition coefficient (Wildman–Crippen LogP) is 3.12. The molecule has 0 saturated carbocycles. The van der Waals surface area contributed by atoms with Gasteiger partial charge in [-0.05, 0) is 31.5 Å². The Kier molecular flexibility index (Phi) is 6.36. The van der Waals surface area contributed by atoms with Crippen LogP contribution in [0.3, 0.4) is 0 Å². The molecule has 118 valence electrons. The van der Waals surface area contributed by atoms with E-state index in [2.05, 4.69) is 15.5 Å². The lowest BCUT2D eigenvalue weighted by Crippen LogP contribution is -2.15. The van der Waals surface area contributed by atoms with Gasteiger partial charge in [-0.2, -0.15) is 0 Å². The number of carbonyl (C=O) groups is 1. The normalized spacial score (nSPS) is 10.8. The number of nitrogens with zero attached hydrogens (tertiary/aromatic N) is 2. The minimum absolute atomic E-state index is 0.227. The topological polar surface area (TPSA) is 88.2 Å². The van der Waals surface area contributed by atoms with Crippen molar-refractivity contribution < 1.29 is 14.3 Å². The number of halogens is 1. The summed E-state index contributed by atoms with van der Waals surface area (Å²) in [6.45, 7) is 1.26. The molecule has 1 aromatic heterocycles. The van der Waals surface area contributed by atoms with Crippen molar-refractivity contribution >= 4 is 17.6 Å². The monoisotopic (exact) mass is 323 g/mol. The molecule has 2 rings (SSSR count). The SMILES string of the molecule is O=C(O)CCCCCNCc1nnc(-c2ccccc2Cl)o1. The van der Waals surface area contributed by atoms with E-state index in [9.17, 15) is 4.79 Å². The number of carboxylic acid groups (broad SMARTS) is 1. The first-order chi connectivity index (χ1) is 10.7. The molecule has 6 nitrogen and oxygen atoms in total. The number of hydrogen-bond acceptors (Lipinski definition) is 5. The van der Waals surface area contributed by atoms with Crippen LogP contribution in [0.2, 0.25) is 5.02 Å². The van der Waals surface area contributed by atoms with Crippen molar-refractivity contribution in [3.8, 4) is 11.5 Å². The van der Waals surface area contributed by atoms with E-state index in [0.29, 0.717) is 29.8 Å². The maximum Gasteiger partial charge on any atom is 0.303 e. The molecule has 1 heterocycles. The first kappa shape index (κ1) is 16.5. The number of hydrogen-bond donors (Lipinski definition) is 2. The number of nitrogens with one attached hydrogen (secondary N) is 1. The lowest BCUT2D eigenvalue weighted by atomic mass is 10.2. The van der Waals surface area contributed by atoms with E-state index in [-0.39, 0.29) is 6.42 Å². The van der Waals surface area contributed by atoms with Crippen molar-refractivity contribution in [3.63, 3.8) is 0 Å². The molecule has 0 spiro atoms. The van der Waals surface area contributed by atoms with Crippen molar-refractivity contribution in [3.05, 3.63) is 35.2 Å². The predicted molar refractivity (Wildman–Crippen MR) is 82.6 cm³/mol. The molecular formula is C15H18ClN3O3. The molecule has 0 unspecified atom stereocenters. The number of carboxylic acids is 1. The van der Waals surface area contributed by atoms with E-state index in [1.807, 2.05) is 18.2 Å². The molecule has 2 aromatic rings. The summed E-state index contributed by atoms with van der Waals surface area (Å²) in [6.07, 6.45) is 2.73. The van der Waals surface area contributed by atoms with Crippen LogP contribution in [0.1, 0.15) is 31.6 Å². The molecule has 0 amide bonds. The second kappa shape index (κ2) is 8.51. The Morgan fingerprint density at radius 1 is 1.23 bits per heavy atom. The zero-order chi connectivity index (χ0) is 15.8. The minimum Gasteiger partial charge on any atom is -0.481 e.